The molecule has 0 spiro atoms. The lowest BCUT2D eigenvalue weighted by Crippen LogP contribution is -2.17. The third kappa shape index (κ3) is 3.38. The molecule has 0 fully saturated rings. The predicted molar refractivity (Wildman–Crippen MR) is 106 cm³/mol. The van der Waals surface area contributed by atoms with Gasteiger partial charge in [-0.15, -0.1) is 0 Å². The Morgan fingerprint density at radius 1 is 1.00 bits per heavy atom. The fourth-order valence-electron chi connectivity index (χ4n) is 3.39. The predicted octanol–water partition coefficient (Wildman–Crippen LogP) is 2.01. The first-order valence-corrected chi connectivity index (χ1v) is 9.38. The summed E-state index contributed by atoms with van der Waals surface area (Å²) in [6.45, 7) is 0. The molecular weight excluding hydrogens is 370 g/mol. The maximum absolute atomic E-state index is 12.2. The second-order valence-electron chi connectivity index (χ2n) is 6.92. The largest absolute Gasteiger partial charge is 0.321 e. The van der Waals surface area contributed by atoms with Gasteiger partial charge in [0.25, 0.3) is 17.2 Å². The van der Waals surface area contributed by atoms with Gasteiger partial charge in [-0.2, -0.15) is 10.2 Å². The highest BCUT2D eigenvalue weighted by Crippen LogP contribution is 2.23. The van der Waals surface area contributed by atoms with Gasteiger partial charge in [0.1, 0.15) is 5.69 Å². The van der Waals surface area contributed by atoms with Crippen LogP contribution in [-0.4, -0.2) is 35.7 Å². The average molecular weight is 387 g/mol. The van der Waals surface area contributed by atoms with Crippen LogP contribution < -0.4 is 10.9 Å². The van der Waals surface area contributed by atoms with E-state index in [4.69, 9.17) is 0 Å². The number of aromatic amines is 1. The van der Waals surface area contributed by atoms with Crippen LogP contribution >= 0.6 is 0 Å². The van der Waals surface area contributed by atoms with Crippen LogP contribution in [-0.2, 0) is 12.8 Å². The maximum atomic E-state index is 12.2. The number of hydrogen-bond donors (Lipinski definition) is 2. The van der Waals surface area contributed by atoms with Crippen LogP contribution in [0.1, 0.15) is 34.7 Å². The van der Waals surface area contributed by atoms with E-state index in [0.29, 0.717) is 11.5 Å². The van der Waals surface area contributed by atoms with Gasteiger partial charge in [0.05, 0.1) is 23.3 Å². The number of fused-ring (bicyclic) bond motifs is 2. The number of nitrogens with zero attached hydrogens (tertiary/aromatic N) is 5. The Kier molecular flexibility index (Phi) is 4.12. The molecule has 0 saturated carbocycles. The van der Waals surface area contributed by atoms with E-state index < -0.39 is 5.91 Å². The van der Waals surface area contributed by atoms with Gasteiger partial charge < -0.3 is 5.32 Å². The first-order chi connectivity index (χ1) is 14.2. The van der Waals surface area contributed by atoms with Crippen molar-refractivity contribution in [2.24, 2.45) is 0 Å². The minimum absolute atomic E-state index is 0.134. The number of H-pyrrole nitrogens is 1. The molecule has 0 bridgehead atoms. The molecule has 1 amide bonds. The molecule has 9 heteroatoms. The summed E-state index contributed by atoms with van der Waals surface area (Å²) >= 11 is 0. The third-order valence-corrected chi connectivity index (χ3v) is 4.89. The Hall–Kier alpha value is -3.88. The number of benzene rings is 1. The van der Waals surface area contributed by atoms with Crippen molar-refractivity contribution >= 4 is 17.4 Å². The summed E-state index contributed by atoms with van der Waals surface area (Å²) in [6.07, 6.45) is 6.09. The van der Waals surface area contributed by atoms with Crippen molar-refractivity contribution in [3.05, 3.63) is 70.0 Å². The molecule has 3 heterocycles. The van der Waals surface area contributed by atoms with Crippen LogP contribution in [0, 0.1) is 0 Å². The molecule has 144 valence electrons. The summed E-state index contributed by atoms with van der Waals surface area (Å²) < 4.78 is 1.73. The van der Waals surface area contributed by atoms with Crippen molar-refractivity contribution in [1.29, 1.82) is 0 Å². The summed E-state index contributed by atoms with van der Waals surface area (Å²) in [6, 6.07) is 9.95. The van der Waals surface area contributed by atoms with E-state index >= 15 is 0 Å². The Bertz CT molecular complexity index is 1210. The number of rotatable bonds is 3. The number of imidazole rings is 1. The SMILES string of the molecule is O=C(Nc1ccc(-c2cn3nc4c(nc3n2)CCCC4)cc1)c1ccc(=O)[nH]n1. The molecular formula is C20H17N7O2. The highest BCUT2D eigenvalue weighted by molar-refractivity contribution is 6.02. The van der Waals surface area contributed by atoms with E-state index in [0.717, 1.165) is 48.3 Å². The lowest BCUT2D eigenvalue weighted by Gasteiger charge is -2.12. The van der Waals surface area contributed by atoms with Crippen molar-refractivity contribution < 1.29 is 4.79 Å². The number of carbonyl (C=O) groups excluding carboxylic acids is 1. The molecule has 1 aliphatic carbocycles. The summed E-state index contributed by atoms with van der Waals surface area (Å²) in [7, 11) is 0. The second-order valence-corrected chi connectivity index (χ2v) is 6.92. The molecule has 5 rings (SSSR count). The number of nitrogens with one attached hydrogen (secondary N) is 2. The highest BCUT2D eigenvalue weighted by Gasteiger charge is 2.15. The number of aromatic nitrogens is 6. The molecule has 0 unspecified atom stereocenters. The molecule has 4 aromatic rings. The Morgan fingerprint density at radius 3 is 2.55 bits per heavy atom. The quantitative estimate of drug-likeness (QED) is 0.555. The fraction of sp³-hybridized carbons (Fsp3) is 0.200. The van der Waals surface area contributed by atoms with Crippen molar-refractivity contribution in [3.8, 4) is 11.3 Å². The summed E-state index contributed by atoms with van der Waals surface area (Å²) in [5, 5.41) is 13.4. The van der Waals surface area contributed by atoms with Gasteiger partial charge in [-0.25, -0.2) is 19.6 Å². The Balaban J connectivity index is 1.37. The van der Waals surface area contributed by atoms with E-state index in [1.165, 1.54) is 12.1 Å². The molecule has 0 radical (unpaired) electrons. The smallest absolute Gasteiger partial charge is 0.276 e. The van der Waals surface area contributed by atoms with E-state index in [1.807, 2.05) is 18.3 Å². The average Bonchev–Trinajstić information content (AvgIpc) is 3.16. The monoisotopic (exact) mass is 387 g/mol. The summed E-state index contributed by atoms with van der Waals surface area (Å²) in [5.74, 6) is 0.197. The second kappa shape index (κ2) is 6.93. The van der Waals surface area contributed by atoms with Crippen LogP contribution in [0.15, 0.2) is 47.4 Å². The lowest BCUT2D eigenvalue weighted by atomic mass is 10.0. The summed E-state index contributed by atoms with van der Waals surface area (Å²) in [5.41, 5.74) is 4.17. The molecule has 2 N–H and O–H groups in total. The minimum Gasteiger partial charge on any atom is -0.321 e. The zero-order chi connectivity index (χ0) is 19.8. The van der Waals surface area contributed by atoms with Gasteiger partial charge in [-0.1, -0.05) is 12.1 Å². The number of aryl methyl sites for hydroxylation is 2. The Labute approximate surface area is 164 Å². The zero-order valence-corrected chi connectivity index (χ0v) is 15.4. The van der Waals surface area contributed by atoms with Crippen LogP contribution in [0.4, 0.5) is 5.69 Å². The van der Waals surface area contributed by atoms with Crippen LogP contribution in [0.25, 0.3) is 17.0 Å². The van der Waals surface area contributed by atoms with E-state index in [-0.39, 0.29) is 11.3 Å². The first-order valence-electron chi connectivity index (χ1n) is 9.38. The van der Waals surface area contributed by atoms with Crippen molar-refractivity contribution in [2.75, 3.05) is 5.32 Å². The number of hydrogen-bond acceptors (Lipinski definition) is 6. The van der Waals surface area contributed by atoms with Gasteiger partial charge in [0.2, 0.25) is 0 Å². The van der Waals surface area contributed by atoms with E-state index in [2.05, 4.69) is 30.6 Å². The number of anilines is 1. The molecule has 1 aromatic carbocycles. The van der Waals surface area contributed by atoms with Crippen molar-refractivity contribution in [3.63, 3.8) is 0 Å². The fourth-order valence-corrected chi connectivity index (χ4v) is 3.39. The molecule has 1 aliphatic rings. The van der Waals surface area contributed by atoms with Crippen LogP contribution in [0.5, 0.6) is 0 Å². The van der Waals surface area contributed by atoms with Crippen molar-refractivity contribution in [2.45, 2.75) is 25.7 Å². The van der Waals surface area contributed by atoms with E-state index in [1.54, 1.807) is 16.6 Å². The standard InChI is InChI=1S/C20H17N7O2/c28-18-10-9-16(24-25-18)19(29)21-13-7-5-12(6-8-13)17-11-27-20(23-17)22-14-3-1-2-4-15(14)26-27/h5-11H,1-4H2,(H,21,29)(H,25,28). The molecule has 9 nitrogen and oxygen atoms in total. The van der Waals surface area contributed by atoms with E-state index in [9.17, 15) is 9.59 Å². The Morgan fingerprint density at radius 2 is 1.79 bits per heavy atom. The van der Waals surface area contributed by atoms with Gasteiger partial charge in [-0.3, -0.25) is 9.59 Å². The topological polar surface area (TPSA) is 118 Å². The van der Waals surface area contributed by atoms with Gasteiger partial charge in [0.15, 0.2) is 0 Å². The molecule has 0 saturated heterocycles. The lowest BCUT2D eigenvalue weighted by molar-refractivity contribution is 0.102. The number of amides is 1. The normalized spacial score (nSPS) is 13.2. The van der Waals surface area contributed by atoms with Gasteiger partial charge >= 0.3 is 0 Å². The maximum Gasteiger partial charge on any atom is 0.276 e. The number of carbonyl (C=O) groups is 1. The van der Waals surface area contributed by atoms with Crippen LogP contribution in [0.3, 0.4) is 0 Å². The molecule has 3 aromatic heterocycles. The third-order valence-electron chi connectivity index (χ3n) is 4.89. The van der Waals surface area contributed by atoms with Gasteiger partial charge in [0, 0.05) is 17.3 Å². The minimum atomic E-state index is -0.402. The van der Waals surface area contributed by atoms with Crippen LogP contribution in [0.2, 0.25) is 0 Å². The zero-order valence-electron chi connectivity index (χ0n) is 15.4. The van der Waals surface area contributed by atoms with Crippen molar-refractivity contribution in [1.82, 2.24) is 29.8 Å². The molecule has 0 atom stereocenters. The highest BCUT2D eigenvalue weighted by atomic mass is 16.2. The first kappa shape index (κ1) is 17.2. The molecule has 29 heavy (non-hydrogen) atoms. The van der Waals surface area contributed by atoms with Gasteiger partial charge in [-0.05, 0) is 43.9 Å². The summed E-state index contributed by atoms with van der Waals surface area (Å²) in [4.78, 5) is 32.5. The molecule has 0 aliphatic heterocycles.